The van der Waals surface area contributed by atoms with E-state index in [1.54, 1.807) is 6.20 Å². The second kappa shape index (κ2) is 5.41. The monoisotopic (exact) mass is 390 g/mol. The zero-order valence-corrected chi connectivity index (χ0v) is 15.6. The third kappa shape index (κ3) is 2.45. The Labute approximate surface area is 150 Å². The predicted octanol–water partition coefficient (Wildman–Crippen LogP) is 4.30. The van der Waals surface area contributed by atoms with Gasteiger partial charge in [-0.15, -0.1) is 10.2 Å². The third-order valence-corrected chi connectivity index (χ3v) is 6.83. The van der Waals surface area contributed by atoms with Gasteiger partial charge in [-0.25, -0.2) is 0 Å². The van der Waals surface area contributed by atoms with Gasteiger partial charge in [0.25, 0.3) is 0 Å². The highest BCUT2D eigenvalue weighted by molar-refractivity contribution is 9.10. The van der Waals surface area contributed by atoms with E-state index < -0.39 is 0 Å². The topological polar surface area (TPSA) is 56.7 Å². The maximum absolute atomic E-state index is 6.23. The zero-order chi connectivity index (χ0) is 16.3. The summed E-state index contributed by atoms with van der Waals surface area (Å²) in [4.78, 5) is 0. The summed E-state index contributed by atoms with van der Waals surface area (Å²) in [6.07, 6.45) is 11.9. The van der Waals surface area contributed by atoms with Crippen molar-refractivity contribution in [1.29, 1.82) is 0 Å². The van der Waals surface area contributed by atoms with E-state index in [4.69, 9.17) is 4.42 Å². The molecule has 2 aromatic rings. The molecular weight excluding hydrogens is 368 g/mol. The van der Waals surface area contributed by atoms with E-state index in [-0.39, 0.29) is 11.3 Å². The molecule has 0 saturated heterocycles. The summed E-state index contributed by atoms with van der Waals surface area (Å²) >= 11 is 3.44. The molecule has 2 aromatic heterocycles. The Morgan fingerprint density at radius 3 is 2.46 bits per heavy atom. The van der Waals surface area contributed by atoms with Crippen LogP contribution >= 0.6 is 15.9 Å². The lowest BCUT2D eigenvalue weighted by Gasteiger charge is -2.55. The minimum absolute atomic E-state index is 0.173. The number of aromatic nitrogens is 4. The van der Waals surface area contributed by atoms with Crippen molar-refractivity contribution >= 4 is 15.9 Å². The molecule has 5 nitrogen and oxygen atoms in total. The van der Waals surface area contributed by atoms with Gasteiger partial charge in [0, 0.05) is 11.6 Å². The number of nitrogens with zero attached hydrogens (tertiary/aromatic N) is 4. The maximum Gasteiger partial charge on any atom is 0.222 e. The number of hydrogen-bond donors (Lipinski definition) is 0. The Bertz CT molecular complexity index is 717. The molecule has 1 atom stereocenters. The highest BCUT2D eigenvalue weighted by Crippen LogP contribution is 2.60. The van der Waals surface area contributed by atoms with Gasteiger partial charge < -0.3 is 4.42 Å². The molecular formula is C18H23BrN4O. The first kappa shape index (κ1) is 15.1. The maximum atomic E-state index is 6.23. The van der Waals surface area contributed by atoms with Crippen molar-refractivity contribution in [2.75, 3.05) is 0 Å². The third-order valence-electron chi connectivity index (χ3n) is 6.42. The summed E-state index contributed by atoms with van der Waals surface area (Å²) < 4.78 is 9.15. The molecule has 4 saturated carbocycles. The highest BCUT2D eigenvalue weighted by Gasteiger charge is 2.54. The Kier molecular flexibility index (Phi) is 3.41. The summed E-state index contributed by atoms with van der Waals surface area (Å²) in [6, 6.07) is 0. The minimum atomic E-state index is 0.173. The molecule has 0 N–H and O–H groups in total. The van der Waals surface area contributed by atoms with E-state index in [0.717, 1.165) is 40.6 Å². The van der Waals surface area contributed by atoms with E-state index in [0.29, 0.717) is 0 Å². The first-order valence-electron chi connectivity index (χ1n) is 9.11. The molecule has 0 spiro atoms. The zero-order valence-electron chi connectivity index (χ0n) is 14.0. The van der Waals surface area contributed by atoms with Crippen LogP contribution in [0.25, 0.3) is 0 Å². The molecule has 0 radical (unpaired) electrons. The van der Waals surface area contributed by atoms with Crippen LogP contribution in [0.4, 0.5) is 0 Å². The van der Waals surface area contributed by atoms with Crippen molar-refractivity contribution in [2.45, 2.75) is 63.3 Å². The molecule has 0 amide bonds. The van der Waals surface area contributed by atoms with Gasteiger partial charge in [0.05, 0.1) is 23.1 Å². The van der Waals surface area contributed by atoms with Crippen LogP contribution in [0.15, 0.2) is 21.3 Å². The Hall–Kier alpha value is -1.17. The molecule has 2 heterocycles. The van der Waals surface area contributed by atoms with Crippen LogP contribution in [-0.4, -0.2) is 20.0 Å². The van der Waals surface area contributed by atoms with Crippen molar-refractivity contribution in [3.63, 3.8) is 0 Å². The lowest BCUT2D eigenvalue weighted by Crippen LogP contribution is -2.48. The fraction of sp³-hybridized carbons (Fsp3) is 0.722. The highest BCUT2D eigenvalue weighted by atomic mass is 79.9. The fourth-order valence-corrected chi connectivity index (χ4v) is 6.15. The van der Waals surface area contributed by atoms with Gasteiger partial charge >= 0.3 is 0 Å². The Morgan fingerprint density at radius 2 is 1.88 bits per heavy atom. The Morgan fingerprint density at radius 1 is 1.21 bits per heavy atom. The average Bonchev–Trinajstić information content (AvgIpc) is 3.15. The first-order chi connectivity index (χ1) is 11.6. The second-order valence-corrected chi connectivity index (χ2v) is 9.34. The van der Waals surface area contributed by atoms with Gasteiger partial charge in [-0.3, -0.25) is 4.68 Å². The summed E-state index contributed by atoms with van der Waals surface area (Å²) in [5, 5.41) is 13.2. The van der Waals surface area contributed by atoms with Gasteiger partial charge in [-0.2, -0.15) is 5.10 Å². The van der Waals surface area contributed by atoms with Crippen LogP contribution in [0.5, 0.6) is 0 Å². The van der Waals surface area contributed by atoms with Gasteiger partial charge in [0.15, 0.2) is 0 Å². The number of hydrogen-bond acceptors (Lipinski definition) is 4. The molecule has 1 unspecified atom stereocenters. The van der Waals surface area contributed by atoms with Crippen LogP contribution in [0.2, 0.25) is 0 Å². The number of halogens is 1. The quantitative estimate of drug-likeness (QED) is 0.780. The molecule has 4 aliphatic carbocycles. The predicted molar refractivity (Wildman–Crippen MR) is 92.5 cm³/mol. The molecule has 4 fully saturated rings. The van der Waals surface area contributed by atoms with Crippen LogP contribution in [0.1, 0.15) is 63.1 Å². The van der Waals surface area contributed by atoms with Crippen LogP contribution in [0, 0.1) is 17.8 Å². The second-order valence-electron chi connectivity index (χ2n) is 8.42. The van der Waals surface area contributed by atoms with E-state index in [2.05, 4.69) is 38.1 Å². The van der Waals surface area contributed by atoms with Gasteiger partial charge in [-0.05, 0) is 72.2 Å². The van der Waals surface area contributed by atoms with Crippen molar-refractivity contribution in [1.82, 2.24) is 20.0 Å². The standard InChI is InChI=1S/C18H23BrN4O/c1-11(9-23-10-15(19)8-20-23)16-21-22-17(24-16)18-5-12-2-13(6-18)4-14(3-12)7-18/h8,10-14H,2-7,9H2,1H3. The SMILES string of the molecule is CC(Cn1cc(Br)cn1)c1nnc(C23CC4CC(CC(C4)C2)C3)o1. The van der Waals surface area contributed by atoms with Crippen molar-refractivity contribution in [3.05, 3.63) is 28.6 Å². The number of rotatable bonds is 4. The van der Waals surface area contributed by atoms with E-state index in [1.807, 2.05) is 10.9 Å². The minimum Gasteiger partial charge on any atom is -0.424 e. The molecule has 4 bridgehead atoms. The molecule has 4 aliphatic rings. The lowest BCUT2D eigenvalue weighted by molar-refractivity contribution is -0.0184. The normalized spacial score (nSPS) is 35.5. The molecule has 6 heteroatoms. The average molecular weight is 391 g/mol. The molecule has 6 rings (SSSR count). The molecule has 0 aliphatic heterocycles. The summed E-state index contributed by atoms with van der Waals surface area (Å²) in [7, 11) is 0. The summed E-state index contributed by atoms with van der Waals surface area (Å²) in [6.45, 7) is 2.89. The van der Waals surface area contributed by atoms with Crippen molar-refractivity contribution in [3.8, 4) is 0 Å². The van der Waals surface area contributed by atoms with E-state index in [1.165, 1.54) is 38.5 Å². The van der Waals surface area contributed by atoms with E-state index in [9.17, 15) is 0 Å². The van der Waals surface area contributed by atoms with Gasteiger partial charge in [0.1, 0.15) is 0 Å². The molecule has 128 valence electrons. The fourth-order valence-electron chi connectivity index (χ4n) is 5.82. The lowest BCUT2D eigenvalue weighted by atomic mass is 9.49. The van der Waals surface area contributed by atoms with Crippen LogP contribution in [-0.2, 0) is 12.0 Å². The van der Waals surface area contributed by atoms with Crippen molar-refractivity contribution in [2.24, 2.45) is 17.8 Å². The van der Waals surface area contributed by atoms with Gasteiger partial charge in [-0.1, -0.05) is 6.92 Å². The smallest absolute Gasteiger partial charge is 0.222 e. The largest absolute Gasteiger partial charge is 0.424 e. The van der Waals surface area contributed by atoms with Crippen LogP contribution in [0.3, 0.4) is 0 Å². The summed E-state index contributed by atoms with van der Waals surface area (Å²) in [5.74, 6) is 4.53. The first-order valence-corrected chi connectivity index (χ1v) is 9.91. The van der Waals surface area contributed by atoms with Crippen molar-refractivity contribution < 1.29 is 4.42 Å². The van der Waals surface area contributed by atoms with E-state index >= 15 is 0 Å². The molecule has 0 aromatic carbocycles. The molecule has 24 heavy (non-hydrogen) atoms. The summed E-state index contributed by atoms with van der Waals surface area (Å²) in [5.41, 5.74) is 0.189. The van der Waals surface area contributed by atoms with Gasteiger partial charge in [0.2, 0.25) is 11.8 Å². The van der Waals surface area contributed by atoms with Crippen LogP contribution < -0.4 is 0 Å². The Balaban J connectivity index is 1.37.